The normalized spacial score (nSPS) is 10.5. The minimum Gasteiger partial charge on any atom is -1.00 e. The monoisotopic (exact) mass is 864 g/mol. The molecule has 0 bridgehead atoms. The first-order chi connectivity index (χ1) is 23.4. The van der Waals surface area contributed by atoms with Crippen molar-refractivity contribution >= 4 is 24.2 Å². The molecule has 0 aliphatic carbocycles. The average Bonchev–Trinajstić information content (AvgIpc) is 3.02. The highest BCUT2D eigenvalue weighted by atomic mass is 127. The highest BCUT2D eigenvalue weighted by Crippen LogP contribution is 2.11. The number of urea groups is 2. The zero-order valence-electron chi connectivity index (χ0n) is 33.5. The summed E-state index contributed by atoms with van der Waals surface area (Å²) in [6.45, 7) is 7.86. The van der Waals surface area contributed by atoms with Crippen LogP contribution < -0.4 is 62.6 Å². The Kier molecular flexibility index (Phi) is 45.3. The minimum absolute atomic E-state index is 0. The van der Waals surface area contributed by atoms with Gasteiger partial charge in [-0.2, -0.15) is 0 Å². The van der Waals surface area contributed by atoms with Crippen LogP contribution in [-0.4, -0.2) is 103 Å². The van der Waals surface area contributed by atoms with Gasteiger partial charge in [-0.15, -0.1) is 0 Å². The molecular formula is C37H78ClIN6O6. The lowest BCUT2D eigenvalue weighted by molar-refractivity contribution is -0.869. The molecule has 0 rings (SSSR count). The van der Waals surface area contributed by atoms with Crippen LogP contribution >= 0.6 is 0 Å². The van der Waals surface area contributed by atoms with E-state index in [0.29, 0.717) is 26.3 Å². The van der Waals surface area contributed by atoms with Crippen molar-refractivity contribution in [2.45, 2.75) is 142 Å². The molecule has 0 aromatic rings. The molecule has 0 saturated carbocycles. The lowest BCUT2D eigenvalue weighted by atomic mass is 10.1. The first-order valence-corrected chi connectivity index (χ1v) is 19.4. The van der Waals surface area contributed by atoms with E-state index in [1.807, 2.05) is 35.2 Å². The molecule has 0 aliphatic heterocycles. The van der Waals surface area contributed by atoms with Crippen LogP contribution in [0.15, 0.2) is 0 Å². The molecule has 0 heterocycles. The first kappa shape index (κ1) is 56.2. The lowest BCUT2D eigenvalue weighted by Gasteiger charge is -2.23. The van der Waals surface area contributed by atoms with E-state index in [4.69, 9.17) is 9.47 Å². The summed E-state index contributed by atoms with van der Waals surface area (Å²) >= 11 is 0. The van der Waals surface area contributed by atoms with E-state index in [1.54, 1.807) is 0 Å². The van der Waals surface area contributed by atoms with Crippen molar-refractivity contribution in [1.82, 2.24) is 21.3 Å². The maximum Gasteiger partial charge on any atom is 0.415 e. The summed E-state index contributed by atoms with van der Waals surface area (Å²) in [5, 5.41) is 9.61. The smallest absolute Gasteiger partial charge is 0.415 e. The van der Waals surface area contributed by atoms with Gasteiger partial charge in [0.1, 0.15) is 0 Å². The number of likely N-dealkylation sites (N-methyl/N-ethyl adjacent to an activating group) is 2. The molecule has 5 N–H and O–H groups in total. The van der Waals surface area contributed by atoms with Gasteiger partial charge in [0.25, 0.3) is 0 Å². The molecule has 0 atom stereocenters. The van der Waals surface area contributed by atoms with Crippen molar-refractivity contribution in [3.8, 4) is 0 Å². The van der Waals surface area contributed by atoms with Gasteiger partial charge in [0.05, 0.1) is 74.6 Å². The van der Waals surface area contributed by atoms with Crippen LogP contribution in [-0.2, 0) is 9.47 Å². The number of carbonyl (C=O) groups excluding carboxylic acids is 4. The van der Waals surface area contributed by atoms with E-state index in [2.05, 4.69) is 35.1 Å². The Balaban J connectivity index is -0.000000417. The number of ether oxygens (including phenoxy) is 2. The Morgan fingerprint density at radius 1 is 0.529 bits per heavy atom. The fourth-order valence-electron chi connectivity index (χ4n) is 4.79. The zero-order valence-corrected chi connectivity index (χ0v) is 36.5. The van der Waals surface area contributed by atoms with Crippen LogP contribution in [0.2, 0.25) is 0 Å². The quantitative estimate of drug-likeness (QED) is 0.0443. The summed E-state index contributed by atoms with van der Waals surface area (Å²) in [7, 11) is 10.1. The first-order valence-electron chi connectivity index (χ1n) is 19.4. The molecule has 0 aromatic carbocycles. The van der Waals surface area contributed by atoms with Crippen LogP contribution in [0.4, 0.5) is 19.2 Å². The number of carbonyl (C=O) groups is 4. The molecular weight excluding hydrogens is 787 g/mol. The molecule has 0 radical (unpaired) electrons. The van der Waals surface area contributed by atoms with Crippen molar-refractivity contribution in [2.75, 3.05) is 74.6 Å². The van der Waals surface area contributed by atoms with Gasteiger partial charge in [0.2, 0.25) is 0 Å². The Labute approximate surface area is 335 Å². The second-order valence-corrected chi connectivity index (χ2v) is 14.4. The van der Waals surface area contributed by atoms with Gasteiger partial charge < -0.3 is 65.9 Å². The van der Waals surface area contributed by atoms with Gasteiger partial charge in [-0.3, -0.25) is 0 Å². The third-order valence-electron chi connectivity index (χ3n) is 7.87. The van der Waals surface area contributed by atoms with Crippen molar-refractivity contribution < 1.29 is 74.4 Å². The van der Waals surface area contributed by atoms with Crippen LogP contribution in [0, 0.1) is 0 Å². The average molecular weight is 865 g/mol. The number of rotatable bonds is 28. The predicted octanol–water partition coefficient (Wildman–Crippen LogP) is 0.545. The Hall–Kier alpha value is -1.58. The summed E-state index contributed by atoms with van der Waals surface area (Å²) in [6.07, 6.45) is 23.4. The number of halogens is 2. The number of nitrogens with one attached hydrogen (secondary N) is 5. The molecule has 0 saturated heterocycles. The number of imide groups is 2. The van der Waals surface area contributed by atoms with Crippen molar-refractivity contribution in [3.05, 3.63) is 0 Å². The maximum absolute atomic E-state index is 11.5. The second kappa shape index (κ2) is 41.2. The molecule has 0 spiro atoms. The third-order valence-corrected chi connectivity index (χ3v) is 7.87. The van der Waals surface area contributed by atoms with Crippen LogP contribution in [0.3, 0.4) is 0 Å². The lowest BCUT2D eigenvalue weighted by Crippen LogP contribution is -3.06. The molecule has 51 heavy (non-hydrogen) atoms. The van der Waals surface area contributed by atoms with Gasteiger partial charge in [0.15, 0.2) is 0 Å². The van der Waals surface area contributed by atoms with Gasteiger partial charge in [-0.25, -0.2) is 29.8 Å². The molecule has 0 fully saturated rings. The number of amides is 6. The van der Waals surface area contributed by atoms with Crippen molar-refractivity contribution in [1.29, 1.82) is 0 Å². The zero-order chi connectivity index (χ0) is 37.0. The van der Waals surface area contributed by atoms with Gasteiger partial charge in [-0.05, 0) is 12.8 Å². The summed E-state index contributed by atoms with van der Waals surface area (Å²) in [4.78, 5) is 47.0. The summed E-state index contributed by atoms with van der Waals surface area (Å²) < 4.78 is 10.8. The number of alkyl carbamates (subject to hydrolysis) is 2. The minimum atomic E-state index is -0.668. The van der Waals surface area contributed by atoms with E-state index in [-0.39, 0.29) is 36.4 Å². The Bertz CT molecular complexity index is 821. The van der Waals surface area contributed by atoms with Crippen molar-refractivity contribution in [3.63, 3.8) is 0 Å². The van der Waals surface area contributed by atoms with Crippen LogP contribution in [0.1, 0.15) is 142 Å². The molecule has 0 aliphatic rings. The maximum atomic E-state index is 11.5. The summed E-state index contributed by atoms with van der Waals surface area (Å²) in [6, 6.07) is -0.995. The summed E-state index contributed by atoms with van der Waals surface area (Å²) in [5.41, 5.74) is 0. The van der Waals surface area contributed by atoms with Gasteiger partial charge >= 0.3 is 24.2 Å². The molecule has 0 unspecified atom stereocenters. The molecule has 6 amide bonds. The topological polar surface area (TPSA) is 139 Å². The molecule has 12 nitrogen and oxygen atoms in total. The second-order valence-electron chi connectivity index (χ2n) is 14.4. The summed E-state index contributed by atoms with van der Waals surface area (Å²) in [5.74, 6) is 0. The van der Waals surface area contributed by atoms with Crippen LogP contribution in [0.5, 0.6) is 0 Å². The Morgan fingerprint density at radius 2 is 0.843 bits per heavy atom. The third kappa shape index (κ3) is 50.6. The highest BCUT2D eigenvalue weighted by Gasteiger charge is 2.11. The van der Waals surface area contributed by atoms with Gasteiger partial charge in [-0.1, -0.05) is 129 Å². The number of unbranched alkanes of at least 4 members (excludes halogenated alkanes) is 18. The van der Waals surface area contributed by atoms with Crippen LogP contribution in [0.25, 0.3) is 0 Å². The van der Waals surface area contributed by atoms with E-state index in [0.717, 1.165) is 43.3 Å². The molecule has 0 aromatic heterocycles. The highest BCUT2D eigenvalue weighted by molar-refractivity contribution is 5.91. The largest absolute Gasteiger partial charge is 1.00 e. The Morgan fingerprint density at radius 3 is 1.16 bits per heavy atom. The molecule has 306 valence electrons. The van der Waals surface area contributed by atoms with Gasteiger partial charge in [0, 0.05) is 0 Å². The number of hydrogen-bond acceptors (Lipinski definition) is 6. The fourth-order valence-corrected chi connectivity index (χ4v) is 4.79. The van der Waals surface area contributed by atoms with E-state index in [1.165, 1.54) is 108 Å². The van der Waals surface area contributed by atoms with E-state index in [9.17, 15) is 19.2 Å². The molecule has 14 heteroatoms. The van der Waals surface area contributed by atoms with E-state index >= 15 is 0 Å². The van der Waals surface area contributed by atoms with Crippen molar-refractivity contribution in [2.24, 2.45) is 0 Å². The number of nitrogens with zero attached hydrogens (tertiary/aromatic N) is 1. The predicted molar refractivity (Wildman–Crippen MR) is 200 cm³/mol. The fraction of sp³-hybridized carbons (Fsp3) is 0.892. The number of quaternary nitrogens is 2. The van der Waals surface area contributed by atoms with E-state index < -0.39 is 24.2 Å². The SMILES string of the molecule is CCCCCCCCCCCCOC(=O)NC(=O)NCC[N+](C)(C)C.CCCCCCCCCCCCOC(=O)NC(=O)NCC[NH+](C)C.[Cl-].[I-]. The number of hydrogen-bond donors (Lipinski definition) is 5. The standard InChI is InChI=1S/C19H39N3O3.C18H37N3O3.ClH.HI/c1-5-6-7-8-9-10-11-12-13-14-17-25-19(24)21-18(23)20-15-16-22(2,3)4;1-4-5-6-7-8-9-10-11-12-13-16-24-18(23)20-17(22)19-14-15-21(2)3;;/h5-17H2,1-4H3,(H-,20,21,23,24);4-16H2,1-3H3,(H2,19,20,22,23);2*1H.